The molecule has 4 rings (SSSR count). The first-order chi connectivity index (χ1) is 16.0. The molecule has 3 aliphatic rings. The minimum atomic E-state index is -0.546. The number of morpholine rings is 1. The van der Waals surface area contributed by atoms with Gasteiger partial charge in [-0.15, -0.1) is 0 Å². The normalized spacial score (nSPS) is 21.3. The summed E-state index contributed by atoms with van der Waals surface area (Å²) in [5.74, 6) is -0.386. The summed E-state index contributed by atoms with van der Waals surface area (Å²) in [6, 6.07) is 4.80. The van der Waals surface area contributed by atoms with Crippen LogP contribution in [0.25, 0.3) is 0 Å². The first kappa shape index (κ1) is 23.8. The molecular formula is C21H28FN5O4S2. The number of hydrogen-bond acceptors (Lipinski definition) is 7. The largest absolute Gasteiger partial charge is 0.442 e. The van der Waals surface area contributed by atoms with Crippen molar-refractivity contribution in [1.29, 1.82) is 0 Å². The third-order valence-corrected chi connectivity index (χ3v) is 6.98. The number of carbonyl (C=O) groups is 2. The molecule has 0 aromatic heterocycles. The molecule has 0 spiro atoms. The van der Waals surface area contributed by atoms with Crippen molar-refractivity contribution in [2.24, 2.45) is 0 Å². The lowest BCUT2D eigenvalue weighted by atomic mass is 10.2. The number of rotatable bonds is 4. The zero-order valence-electron chi connectivity index (χ0n) is 18.5. The van der Waals surface area contributed by atoms with Crippen LogP contribution < -0.4 is 15.1 Å². The Kier molecular flexibility index (Phi) is 7.76. The highest BCUT2D eigenvalue weighted by Gasteiger charge is 2.33. The van der Waals surface area contributed by atoms with E-state index in [0.29, 0.717) is 37.7 Å². The zero-order chi connectivity index (χ0) is 23.4. The summed E-state index contributed by atoms with van der Waals surface area (Å²) in [4.78, 5) is 31.4. The lowest BCUT2D eigenvalue weighted by molar-refractivity contribution is 0.0635. The fourth-order valence-corrected chi connectivity index (χ4v) is 4.71. The predicted octanol–water partition coefficient (Wildman–Crippen LogP) is 1.96. The molecule has 0 radical (unpaired) electrons. The Hall–Kier alpha value is -2.31. The van der Waals surface area contributed by atoms with Crippen LogP contribution in [0, 0.1) is 5.82 Å². The number of amides is 2. The summed E-state index contributed by atoms with van der Waals surface area (Å²) in [6.45, 7) is 6.22. The monoisotopic (exact) mass is 497 g/mol. The molecule has 33 heavy (non-hydrogen) atoms. The number of carbonyl (C=O) groups excluding carboxylic acids is 2. The third kappa shape index (κ3) is 5.61. The number of benzene rings is 1. The molecule has 3 heterocycles. The smallest absolute Gasteiger partial charge is 0.414 e. The van der Waals surface area contributed by atoms with E-state index in [9.17, 15) is 9.59 Å². The van der Waals surface area contributed by atoms with Crippen molar-refractivity contribution in [1.82, 2.24) is 15.1 Å². The predicted molar refractivity (Wildman–Crippen MR) is 130 cm³/mol. The molecule has 9 nitrogen and oxygen atoms in total. The zero-order valence-corrected chi connectivity index (χ0v) is 20.1. The summed E-state index contributed by atoms with van der Waals surface area (Å²) in [7, 11) is 0. The molecular weight excluding hydrogens is 469 g/mol. The molecule has 1 atom stereocenters. The molecule has 3 fully saturated rings. The van der Waals surface area contributed by atoms with E-state index in [1.807, 2.05) is 4.90 Å². The van der Waals surface area contributed by atoms with E-state index in [2.05, 4.69) is 15.1 Å². The van der Waals surface area contributed by atoms with Crippen molar-refractivity contribution >= 4 is 51.8 Å². The highest BCUT2D eigenvalue weighted by Crippen LogP contribution is 2.28. The van der Waals surface area contributed by atoms with Gasteiger partial charge in [-0.25, -0.2) is 9.18 Å². The van der Waals surface area contributed by atoms with Gasteiger partial charge in [0.2, 0.25) is 0 Å². The minimum Gasteiger partial charge on any atom is -0.442 e. The first-order valence-corrected chi connectivity index (χ1v) is 12.6. The summed E-state index contributed by atoms with van der Waals surface area (Å²) in [6.07, 6.45) is 0.653. The van der Waals surface area contributed by atoms with E-state index in [1.54, 1.807) is 18.4 Å². The molecule has 0 aliphatic carbocycles. The fraction of sp³-hybridized carbons (Fsp3) is 0.571. The second-order valence-corrected chi connectivity index (χ2v) is 9.12. The Morgan fingerprint density at radius 3 is 2.55 bits per heavy atom. The van der Waals surface area contributed by atoms with Gasteiger partial charge >= 0.3 is 6.09 Å². The lowest BCUT2D eigenvalue weighted by Crippen LogP contribution is -2.54. The molecule has 1 aromatic rings. The van der Waals surface area contributed by atoms with E-state index < -0.39 is 12.2 Å². The number of thioether (sulfide) groups is 1. The Labute approximate surface area is 202 Å². The highest BCUT2D eigenvalue weighted by molar-refractivity contribution is 8.12. The SMILES string of the molecule is CSC(=O)NC[C@H]1CN(c2ccc(N3CCN(C(=S)N4CCOCC4)CC3)c(F)c2)C(=O)O1. The van der Waals surface area contributed by atoms with Gasteiger partial charge in [0, 0.05) is 39.3 Å². The number of nitrogens with zero attached hydrogens (tertiary/aromatic N) is 4. The Morgan fingerprint density at radius 1 is 1.18 bits per heavy atom. The lowest BCUT2D eigenvalue weighted by Gasteiger charge is -2.41. The van der Waals surface area contributed by atoms with Crippen molar-refractivity contribution in [2.75, 3.05) is 81.6 Å². The average Bonchev–Trinajstić information content (AvgIpc) is 3.23. The highest BCUT2D eigenvalue weighted by atomic mass is 32.2. The fourth-order valence-electron chi connectivity index (χ4n) is 4.12. The molecule has 0 unspecified atom stereocenters. The van der Waals surface area contributed by atoms with Gasteiger partial charge < -0.3 is 29.5 Å². The maximum absolute atomic E-state index is 15.0. The first-order valence-electron chi connectivity index (χ1n) is 10.9. The molecule has 1 N–H and O–H groups in total. The van der Waals surface area contributed by atoms with Gasteiger partial charge in [0.15, 0.2) is 5.11 Å². The van der Waals surface area contributed by atoms with Crippen LogP contribution in [0.5, 0.6) is 0 Å². The van der Waals surface area contributed by atoms with Gasteiger partial charge in [-0.2, -0.15) is 0 Å². The number of halogens is 1. The molecule has 0 bridgehead atoms. The van der Waals surface area contributed by atoms with Crippen molar-refractivity contribution in [3.05, 3.63) is 24.0 Å². The van der Waals surface area contributed by atoms with E-state index in [4.69, 9.17) is 21.7 Å². The maximum Gasteiger partial charge on any atom is 0.414 e. The van der Waals surface area contributed by atoms with Crippen LogP contribution in [0.15, 0.2) is 18.2 Å². The summed E-state index contributed by atoms with van der Waals surface area (Å²) in [5.41, 5.74) is 0.944. The van der Waals surface area contributed by atoms with Crippen LogP contribution in [-0.4, -0.2) is 104 Å². The van der Waals surface area contributed by atoms with Crippen molar-refractivity contribution in [3.63, 3.8) is 0 Å². The van der Waals surface area contributed by atoms with Crippen LogP contribution in [0.2, 0.25) is 0 Å². The van der Waals surface area contributed by atoms with E-state index in [-0.39, 0.29) is 24.1 Å². The van der Waals surface area contributed by atoms with Gasteiger partial charge in [-0.05, 0) is 36.7 Å². The van der Waals surface area contributed by atoms with Crippen LogP contribution in [0.1, 0.15) is 0 Å². The van der Waals surface area contributed by atoms with Crippen LogP contribution in [0.3, 0.4) is 0 Å². The van der Waals surface area contributed by atoms with Crippen molar-refractivity contribution in [2.45, 2.75) is 6.10 Å². The van der Waals surface area contributed by atoms with Gasteiger partial charge in [-0.3, -0.25) is 9.69 Å². The minimum absolute atomic E-state index is 0.189. The number of cyclic esters (lactones) is 1. The number of thiocarbonyl (C=S) groups is 1. The number of ether oxygens (including phenoxy) is 2. The summed E-state index contributed by atoms with van der Waals surface area (Å²) in [5, 5.41) is 3.33. The molecule has 2 amide bonds. The molecule has 1 aromatic carbocycles. The van der Waals surface area contributed by atoms with E-state index >= 15 is 4.39 Å². The molecule has 3 saturated heterocycles. The van der Waals surface area contributed by atoms with Crippen molar-refractivity contribution < 1.29 is 23.5 Å². The van der Waals surface area contributed by atoms with Crippen LogP contribution in [-0.2, 0) is 9.47 Å². The Morgan fingerprint density at radius 2 is 1.88 bits per heavy atom. The maximum atomic E-state index is 15.0. The number of nitrogens with one attached hydrogen (secondary N) is 1. The second-order valence-electron chi connectivity index (χ2n) is 7.98. The average molecular weight is 498 g/mol. The van der Waals surface area contributed by atoms with E-state index in [1.165, 1.54) is 11.0 Å². The van der Waals surface area contributed by atoms with E-state index in [0.717, 1.165) is 43.1 Å². The quantitative estimate of drug-likeness (QED) is 0.628. The topological polar surface area (TPSA) is 77.6 Å². The Bertz CT molecular complexity index is 893. The third-order valence-electron chi connectivity index (χ3n) is 5.95. The number of anilines is 2. The van der Waals surface area contributed by atoms with Crippen LogP contribution in [0.4, 0.5) is 25.4 Å². The number of hydrogen-bond donors (Lipinski definition) is 1. The summed E-state index contributed by atoms with van der Waals surface area (Å²) < 4.78 is 25.7. The number of piperazine rings is 1. The van der Waals surface area contributed by atoms with Crippen LogP contribution >= 0.6 is 24.0 Å². The Balaban J connectivity index is 1.33. The van der Waals surface area contributed by atoms with Gasteiger partial charge in [0.25, 0.3) is 5.24 Å². The molecule has 180 valence electrons. The standard InChI is InChI=1S/C21H28FN5O4S2/c1-33-19(28)23-13-16-14-27(21(29)31-16)15-2-3-18(17(22)12-15)24-4-6-25(7-5-24)20(32)26-8-10-30-11-9-26/h2-3,12,16H,4-11,13-14H2,1H3,(H,23,28)/t16-/m0/s1. The van der Waals surface area contributed by atoms with Gasteiger partial charge in [0.1, 0.15) is 11.9 Å². The van der Waals surface area contributed by atoms with Gasteiger partial charge in [0.05, 0.1) is 37.7 Å². The second kappa shape index (κ2) is 10.7. The molecule has 12 heteroatoms. The van der Waals surface area contributed by atoms with Gasteiger partial charge in [-0.1, -0.05) is 11.8 Å². The van der Waals surface area contributed by atoms with Crippen molar-refractivity contribution in [3.8, 4) is 0 Å². The molecule has 3 aliphatic heterocycles. The molecule has 0 saturated carbocycles. The summed E-state index contributed by atoms with van der Waals surface area (Å²) >= 11 is 6.70.